The molecule has 7 heteroatoms. The zero-order chi connectivity index (χ0) is 13.2. The van der Waals surface area contributed by atoms with Gasteiger partial charge in [-0.05, 0) is 17.1 Å². The molecule has 0 fully saturated rings. The summed E-state index contributed by atoms with van der Waals surface area (Å²) in [4.78, 5) is 12.7. The van der Waals surface area contributed by atoms with Crippen LogP contribution in [0.25, 0.3) is 9.53 Å². The van der Waals surface area contributed by atoms with E-state index in [0.29, 0.717) is 19.4 Å². The second-order valence-corrected chi connectivity index (χ2v) is 6.07. The number of rotatable bonds is 3. The van der Waals surface area contributed by atoms with Crippen molar-refractivity contribution in [2.45, 2.75) is 6.61 Å². The van der Waals surface area contributed by atoms with Crippen LogP contribution in [0, 0.1) is 0 Å². The molecule has 3 rings (SSSR count). The predicted octanol–water partition coefficient (Wildman–Crippen LogP) is 3.76. The maximum absolute atomic E-state index is 12.1. The minimum Gasteiger partial charge on any atom is -0.457 e. The maximum atomic E-state index is 12.1. The minimum atomic E-state index is -0.439. The number of carbonyl (C=O) groups is 1. The number of aromatic nitrogens is 2. The van der Waals surface area contributed by atoms with E-state index in [1.165, 1.54) is 11.3 Å². The highest BCUT2D eigenvalue weighted by Gasteiger charge is 2.21. The summed E-state index contributed by atoms with van der Waals surface area (Å²) >= 11 is 8.43. The van der Waals surface area contributed by atoms with Crippen LogP contribution in [0.5, 0.6) is 0 Å². The van der Waals surface area contributed by atoms with E-state index < -0.39 is 5.97 Å². The van der Waals surface area contributed by atoms with Crippen molar-refractivity contribution in [3.63, 3.8) is 0 Å². The van der Waals surface area contributed by atoms with Gasteiger partial charge in [-0.25, -0.2) is 4.79 Å². The van der Waals surface area contributed by atoms with E-state index in [2.05, 4.69) is 9.59 Å². The molecule has 3 aromatic rings. The molecule has 1 aromatic carbocycles. The van der Waals surface area contributed by atoms with Crippen LogP contribution in [0.15, 0.2) is 30.3 Å². The molecule has 0 aliphatic rings. The highest BCUT2D eigenvalue weighted by atomic mass is 35.5. The van der Waals surface area contributed by atoms with Gasteiger partial charge in [0.05, 0.1) is 0 Å². The third-order valence-corrected chi connectivity index (χ3v) is 4.64. The smallest absolute Gasteiger partial charge is 0.342 e. The molecule has 0 saturated heterocycles. The lowest BCUT2D eigenvalue weighted by Crippen LogP contribution is -2.04. The highest BCUT2D eigenvalue weighted by molar-refractivity contribution is 7.27. The molecule has 19 heavy (non-hydrogen) atoms. The van der Waals surface area contributed by atoms with E-state index in [-0.39, 0.29) is 6.61 Å². The van der Waals surface area contributed by atoms with E-state index in [1.807, 2.05) is 30.3 Å². The van der Waals surface area contributed by atoms with Gasteiger partial charge in [-0.3, -0.25) is 0 Å². The molecule has 0 unspecified atom stereocenters. The normalized spacial score (nSPS) is 10.8. The summed E-state index contributed by atoms with van der Waals surface area (Å²) in [7, 11) is 0. The average Bonchev–Trinajstić information content (AvgIpc) is 2.97. The van der Waals surface area contributed by atoms with Gasteiger partial charge in [-0.1, -0.05) is 57.8 Å². The van der Waals surface area contributed by atoms with E-state index in [9.17, 15) is 4.79 Å². The molecule has 0 aliphatic carbocycles. The van der Waals surface area contributed by atoms with E-state index in [0.717, 1.165) is 17.1 Å². The van der Waals surface area contributed by atoms with Crippen molar-refractivity contribution < 1.29 is 9.53 Å². The van der Waals surface area contributed by atoms with Crippen molar-refractivity contribution in [3.05, 3.63) is 45.8 Å². The van der Waals surface area contributed by atoms with Gasteiger partial charge in [0.15, 0.2) is 4.83 Å². The van der Waals surface area contributed by atoms with Crippen molar-refractivity contribution in [2.75, 3.05) is 0 Å². The summed E-state index contributed by atoms with van der Waals surface area (Å²) < 4.78 is 10.2. The zero-order valence-corrected chi connectivity index (χ0v) is 11.9. The van der Waals surface area contributed by atoms with Crippen molar-refractivity contribution in [1.82, 2.24) is 9.59 Å². The third kappa shape index (κ3) is 2.47. The molecular formula is C12H7ClN2O2S2. The highest BCUT2D eigenvalue weighted by Crippen LogP contribution is 2.36. The molecule has 0 aliphatic heterocycles. The lowest BCUT2D eigenvalue weighted by molar-refractivity contribution is 0.0476. The first-order valence-electron chi connectivity index (χ1n) is 5.37. The van der Waals surface area contributed by atoms with Crippen LogP contribution in [0.4, 0.5) is 0 Å². The number of ether oxygens (including phenoxy) is 1. The van der Waals surface area contributed by atoms with Gasteiger partial charge in [0.1, 0.15) is 21.2 Å². The van der Waals surface area contributed by atoms with Gasteiger partial charge in [0.25, 0.3) is 0 Å². The molecule has 0 amide bonds. The molecule has 0 bridgehead atoms. The quantitative estimate of drug-likeness (QED) is 0.691. The molecule has 0 N–H and O–H groups in total. The van der Waals surface area contributed by atoms with E-state index in [4.69, 9.17) is 16.3 Å². The van der Waals surface area contributed by atoms with E-state index in [1.54, 1.807) is 0 Å². The van der Waals surface area contributed by atoms with Crippen LogP contribution in [-0.4, -0.2) is 15.6 Å². The summed E-state index contributed by atoms with van der Waals surface area (Å²) in [5.41, 5.74) is 1.30. The minimum absolute atomic E-state index is 0.222. The Bertz CT molecular complexity index is 724. The van der Waals surface area contributed by atoms with Crippen LogP contribution in [0.3, 0.4) is 0 Å². The SMILES string of the molecule is O=C(OCc1ccccc1)c1c(Cl)sc2nnsc12. The first kappa shape index (κ1) is 12.5. The van der Waals surface area contributed by atoms with Gasteiger partial charge in [-0.15, -0.1) is 5.10 Å². The first-order chi connectivity index (χ1) is 9.25. The number of fused-ring (bicyclic) bond motifs is 1. The number of carbonyl (C=O) groups excluding carboxylic acids is 1. The molecule has 0 atom stereocenters. The Hall–Kier alpha value is -1.50. The summed E-state index contributed by atoms with van der Waals surface area (Å²) in [6, 6.07) is 9.49. The Morgan fingerprint density at radius 1 is 1.32 bits per heavy atom. The van der Waals surface area contributed by atoms with Crippen LogP contribution < -0.4 is 0 Å². The average molecular weight is 311 g/mol. The van der Waals surface area contributed by atoms with Crippen LogP contribution >= 0.6 is 34.5 Å². The lowest BCUT2D eigenvalue weighted by Gasteiger charge is -2.03. The lowest BCUT2D eigenvalue weighted by atomic mass is 10.2. The Morgan fingerprint density at radius 3 is 2.89 bits per heavy atom. The van der Waals surface area contributed by atoms with Gasteiger partial charge < -0.3 is 4.74 Å². The van der Waals surface area contributed by atoms with Crippen LogP contribution in [0.1, 0.15) is 15.9 Å². The zero-order valence-electron chi connectivity index (χ0n) is 9.50. The second kappa shape index (κ2) is 5.24. The largest absolute Gasteiger partial charge is 0.457 e. The number of halogens is 1. The fourth-order valence-electron chi connectivity index (χ4n) is 1.60. The monoisotopic (exact) mass is 310 g/mol. The van der Waals surface area contributed by atoms with Gasteiger partial charge in [0, 0.05) is 0 Å². The Balaban J connectivity index is 1.80. The van der Waals surface area contributed by atoms with Gasteiger partial charge in [0.2, 0.25) is 0 Å². The topological polar surface area (TPSA) is 52.1 Å². The number of thiophene rings is 1. The number of nitrogens with zero attached hydrogens (tertiary/aromatic N) is 2. The summed E-state index contributed by atoms with van der Waals surface area (Å²) in [5.74, 6) is -0.439. The summed E-state index contributed by atoms with van der Waals surface area (Å²) in [5, 5.41) is 3.90. The molecule has 96 valence electrons. The second-order valence-electron chi connectivity index (χ2n) is 3.72. The Morgan fingerprint density at radius 2 is 2.11 bits per heavy atom. The number of hydrogen-bond acceptors (Lipinski definition) is 6. The molecule has 4 nitrogen and oxygen atoms in total. The molecule has 2 aromatic heterocycles. The molecular weight excluding hydrogens is 304 g/mol. The summed E-state index contributed by atoms with van der Waals surface area (Å²) in [6.45, 7) is 0.222. The first-order valence-corrected chi connectivity index (χ1v) is 7.34. The fraction of sp³-hybridized carbons (Fsp3) is 0.0833. The van der Waals surface area contributed by atoms with Crippen LogP contribution in [0.2, 0.25) is 4.34 Å². The molecule has 2 heterocycles. The molecule has 0 saturated carbocycles. The van der Waals surface area contributed by atoms with Crippen molar-refractivity contribution in [1.29, 1.82) is 0 Å². The van der Waals surface area contributed by atoms with Crippen molar-refractivity contribution >= 4 is 50.0 Å². The maximum Gasteiger partial charge on any atom is 0.342 e. The third-order valence-electron chi connectivity index (χ3n) is 2.48. The Labute approximate surface area is 121 Å². The number of esters is 1. The number of benzene rings is 1. The molecule has 0 radical (unpaired) electrons. The van der Waals surface area contributed by atoms with E-state index >= 15 is 0 Å². The van der Waals surface area contributed by atoms with Gasteiger partial charge in [-0.2, -0.15) is 0 Å². The summed E-state index contributed by atoms with van der Waals surface area (Å²) in [6.07, 6.45) is 0. The van der Waals surface area contributed by atoms with Gasteiger partial charge >= 0.3 is 5.97 Å². The van der Waals surface area contributed by atoms with Crippen LogP contribution in [-0.2, 0) is 11.3 Å². The fourth-order valence-corrected chi connectivity index (χ4v) is 3.73. The molecule has 0 spiro atoms. The van der Waals surface area contributed by atoms with Crippen molar-refractivity contribution in [3.8, 4) is 0 Å². The Kier molecular flexibility index (Phi) is 3.46. The predicted molar refractivity (Wildman–Crippen MR) is 75.9 cm³/mol. The van der Waals surface area contributed by atoms with Crippen molar-refractivity contribution in [2.24, 2.45) is 0 Å². The standard InChI is InChI=1S/C12H7ClN2O2S2/c13-10-8(9-11(18-10)14-15-19-9)12(16)17-6-7-4-2-1-3-5-7/h1-5H,6H2. The number of hydrogen-bond donors (Lipinski definition) is 0.